The molecule has 3 aliphatic heterocycles. The number of carbonyl (C=O) groups excluding carboxylic acids is 2. The van der Waals surface area contributed by atoms with Crippen molar-refractivity contribution in [3.63, 3.8) is 0 Å². The first-order valence-electron chi connectivity index (χ1n) is 10.7. The minimum absolute atomic E-state index is 0.0456. The molecule has 1 aromatic rings. The number of fused-ring (bicyclic) bond motifs is 2. The Bertz CT molecular complexity index is 727. The maximum Gasteiger partial charge on any atom is 0.228 e. The van der Waals surface area contributed by atoms with Crippen LogP contribution in [0.2, 0.25) is 0 Å². The summed E-state index contributed by atoms with van der Waals surface area (Å²) >= 11 is 0. The molecule has 1 N–H and O–H groups in total. The third-order valence-electron chi connectivity index (χ3n) is 7.19. The van der Waals surface area contributed by atoms with Crippen molar-refractivity contribution in [2.24, 2.45) is 11.3 Å². The first-order chi connectivity index (χ1) is 13.6. The fraction of sp³-hybridized carbons (Fsp3) is 0.762. The normalized spacial score (nSPS) is 30.0. The molecule has 0 saturated carbocycles. The second-order valence-electron chi connectivity index (χ2n) is 8.54. The molecule has 0 radical (unpaired) electrons. The molecule has 28 heavy (non-hydrogen) atoms. The molecule has 4 heterocycles. The van der Waals surface area contributed by atoms with Crippen LogP contribution >= 0.6 is 0 Å². The van der Waals surface area contributed by atoms with Crippen LogP contribution in [-0.2, 0) is 20.9 Å². The molecule has 1 aromatic heterocycles. The van der Waals surface area contributed by atoms with E-state index in [2.05, 4.69) is 22.2 Å². The maximum atomic E-state index is 13.2. The van der Waals surface area contributed by atoms with Crippen molar-refractivity contribution in [3.05, 3.63) is 18.0 Å². The highest BCUT2D eigenvalue weighted by atomic mass is 16.5. The monoisotopic (exact) mass is 388 g/mol. The fourth-order valence-corrected chi connectivity index (χ4v) is 5.54. The number of aromatic nitrogens is 2. The molecule has 3 aliphatic rings. The average molecular weight is 389 g/mol. The molecule has 4 rings (SSSR count). The molecule has 2 bridgehead atoms. The fourth-order valence-electron chi connectivity index (χ4n) is 5.54. The molecule has 154 valence electrons. The summed E-state index contributed by atoms with van der Waals surface area (Å²) in [5, 5.41) is 7.42. The van der Waals surface area contributed by atoms with Gasteiger partial charge in [-0.1, -0.05) is 6.92 Å². The molecule has 7 nitrogen and oxygen atoms in total. The van der Waals surface area contributed by atoms with E-state index in [1.165, 1.54) is 0 Å². The molecule has 0 aromatic carbocycles. The molecule has 3 fully saturated rings. The number of hydrogen-bond donors (Lipinski definition) is 1. The van der Waals surface area contributed by atoms with Gasteiger partial charge in [0.2, 0.25) is 11.8 Å². The van der Waals surface area contributed by atoms with E-state index in [0.29, 0.717) is 26.3 Å². The number of rotatable bonds is 6. The van der Waals surface area contributed by atoms with Crippen LogP contribution in [-0.4, -0.2) is 58.3 Å². The highest BCUT2D eigenvalue weighted by Gasteiger charge is 2.60. The van der Waals surface area contributed by atoms with Crippen molar-refractivity contribution < 1.29 is 14.3 Å². The highest BCUT2D eigenvalue weighted by molar-refractivity contribution is 5.87. The van der Waals surface area contributed by atoms with Gasteiger partial charge in [-0.25, -0.2) is 0 Å². The topological polar surface area (TPSA) is 76.5 Å². The van der Waals surface area contributed by atoms with Crippen LogP contribution in [0.1, 0.15) is 51.1 Å². The number of aryl methyl sites for hydroxylation is 1. The van der Waals surface area contributed by atoms with Crippen LogP contribution in [0.15, 0.2) is 12.3 Å². The highest BCUT2D eigenvalue weighted by Crippen LogP contribution is 2.52. The molecule has 0 unspecified atom stereocenters. The summed E-state index contributed by atoms with van der Waals surface area (Å²) in [5.41, 5.74) is 0.649. The number of nitrogens with one attached hydrogen (secondary N) is 1. The van der Waals surface area contributed by atoms with Crippen LogP contribution in [0, 0.1) is 18.3 Å². The Kier molecular flexibility index (Phi) is 5.45. The number of amides is 2. The van der Waals surface area contributed by atoms with Crippen molar-refractivity contribution in [2.75, 3.05) is 19.8 Å². The summed E-state index contributed by atoms with van der Waals surface area (Å²) in [6, 6.07) is 2.23. The van der Waals surface area contributed by atoms with Crippen LogP contribution in [0.3, 0.4) is 0 Å². The largest absolute Gasteiger partial charge is 0.381 e. The summed E-state index contributed by atoms with van der Waals surface area (Å²) in [5.74, 6) is 0.429. The summed E-state index contributed by atoms with van der Waals surface area (Å²) < 4.78 is 7.33. The van der Waals surface area contributed by atoms with Gasteiger partial charge in [0.15, 0.2) is 0 Å². The molecule has 3 atom stereocenters. The van der Waals surface area contributed by atoms with Crippen molar-refractivity contribution >= 4 is 11.8 Å². The predicted molar refractivity (Wildman–Crippen MR) is 105 cm³/mol. The lowest BCUT2D eigenvalue weighted by atomic mass is 9.71. The predicted octanol–water partition coefficient (Wildman–Crippen LogP) is 1.89. The molecular weight excluding hydrogens is 356 g/mol. The van der Waals surface area contributed by atoms with Crippen LogP contribution < -0.4 is 5.32 Å². The Labute approximate surface area is 166 Å². The lowest BCUT2D eigenvalue weighted by Crippen LogP contribution is -2.51. The van der Waals surface area contributed by atoms with Gasteiger partial charge in [0, 0.05) is 49.7 Å². The van der Waals surface area contributed by atoms with E-state index in [9.17, 15) is 9.59 Å². The quantitative estimate of drug-likeness (QED) is 0.807. The zero-order chi connectivity index (χ0) is 19.7. The summed E-state index contributed by atoms with van der Waals surface area (Å²) in [4.78, 5) is 28.6. The third-order valence-corrected chi connectivity index (χ3v) is 7.19. The Balaban J connectivity index is 1.42. The van der Waals surface area contributed by atoms with E-state index >= 15 is 0 Å². The first kappa shape index (κ1) is 19.4. The standard InChI is InChI=1S/C21H32N4O3/c1-3-21(20(27)22-10-11-24-15(2)6-9-23-24)14-17-4-5-18(21)25(17)19(26)16-7-12-28-13-8-16/h6,9,16-18H,3-5,7-8,10-14H2,1-2H3,(H,22,27)/t17-,18+,21+/m0/s1. The molecule has 7 heteroatoms. The summed E-state index contributed by atoms with van der Waals surface area (Å²) in [6.45, 7) is 6.68. The molecule has 2 amide bonds. The van der Waals surface area contributed by atoms with Gasteiger partial charge in [-0.05, 0) is 51.5 Å². The van der Waals surface area contributed by atoms with Crippen molar-refractivity contribution in [3.8, 4) is 0 Å². The van der Waals surface area contributed by atoms with E-state index in [1.807, 2.05) is 17.7 Å². The van der Waals surface area contributed by atoms with E-state index < -0.39 is 5.41 Å². The molecule has 3 saturated heterocycles. The Morgan fingerprint density at radius 2 is 2.07 bits per heavy atom. The van der Waals surface area contributed by atoms with Crippen LogP contribution in [0.5, 0.6) is 0 Å². The number of hydrogen-bond acceptors (Lipinski definition) is 4. The van der Waals surface area contributed by atoms with Gasteiger partial charge >= 0.3 is 0 Å². The van der Waals surface area contributed by atoms with E-state index in [-0.39, 0.29) is 29.8 Å². The van der Waals surface area contributed by atoms with Crippen molar-refractivity contribution in [1.82, 2.24) is 20.0 Å². The minimum Gasteiger partial charge on any atom is -0.381 e. The van der Waals surface area contributed by atoms with Gasteiger partial charge in [0.05, 0.1) is 12.0 Å². The zero-order valence-electron chi connectivity index (χ0n) is 17.0. The second-order valence-corrected chi connectivity index (χ2v) is 8.54. The van der Waals surface area contributed by atoms with Gasteiger partial charge in [-0.15, -0.1) is 0 Å². The molecule has 0 spiro atoms. The lowest BCUT2D eigenvalue weighted by molar-refractivity contribution is -0.142. The molecule has 0 aliphatic carbocycles. The Hall–Kier alpha value is -1.89. The van der Waals surface area contributed by atoms with E-state index in [0.717, 1.165) is 44.2 Å². The van der Waals surface area contributed by atoms with E-state index in [4.69, 9.17) is 4.74 Å². The van der Waals surface area contributed by atoms with Gasteiger partial charge < -0.3 is 15.0 Å². The summed E-state index contributed by atoms with van der Waals surface area (Å²) in [6.07, 6.45) is 6.95. The van der Waals surface area contributed by atoms with Gasteiger partial charge in [0.25, 0.3) is 0 Å². The average Bonchev–Trinajstić information content (AvgIpc) is 3.41. The number of carbonyl (C=O) groups is 2. The van der Waals surface area contributed by atoms with Crippen molar-refractivity contribution in [1.29, 1.82) is 0 Å². The first-order valence-corrected chi connectivity index (χ1v) is 10.7. The third kappa shape index (κ3) is 3.23. The van der Waals surface area contributed by atoms with Gasteiger partial charge in [0.1, 0.15) is 0 Å². The lowest BCUT2D eigenvalue weighted by Gasteiger charge is -2.36. The van der Waals surface area contributed by atoms with Gasteiger partial charge in [-0.2, -0.15) is 5.10 Å². The number of nitrogens with zero attached hydrogens (tertiary/aromatic N) is 3. The van der Waals surface area contributed by atoms with Crippen LogP contribution in [0.4, 0.5) is 0 Å². The number of ether oxygens (including phenoxy) is 1. The van der Waals surface area contributed by atoms with E-state index in [1.54, 1.807) is 6.20 Å². The smallest absolute Gasteiger partial charge is 0.228 e. The van der Waals surface area contributed by atoms with Crippen molar-refractivity contribution in [2.45, 2.75) is 71.0 Å². The Morgan fingerprint density at radius 3 is 2.75 bits per heavy atom. The summed E-state index contributed by atoms with van der Waals surface area (Å²) in [7, 11) is 0. The molecular formula is C21H32N4O3. The minimum atomic E-state index is -0.442. The van der Waals surface area contributed by atoms with Crippen LogP contribution in [0.25, 0.3) is 0 Å². The van der Waals surface area contributed by atoms with Gasteiger partial charge in [-0.3, -0.25) is 14.3 Å². The second kappa shape index (κ2) is 7.85. The maximum absolute atomic E-state index is 13.2. The zero-order valence-corrected chi connectivity index (χ0v) is 17.0. The SMILES string of the molecule is CC[C@@]1(C(=O)NCCn2nccc2C)C[C@@H]2CC[C@H]1N2C(=O)C1CCOCC1. The Morgan fingerprint density at radius 1 is 1.29 bits per heavy atom.